The van der Waals surface area contributed by atoms with Crippen molar-refractivity contribution in [3.05, 3.63) is 60.0 Å². The van der Waals surface area contributed by atoms with Crippen molar-refractivity contribution in [1.29, 1.82) is 0 Å². The normalized spacial score (nSPS) is 15.2. The Morgan fingerprint density at radius 2 is 1.68 bits per heavy atom. The zero-order chi connectivity index (χ0) is 26.7. The molecule has 1 saturated heterocycles. The van der Waals surface area contributed by atoms with Gasteiger partial charge in [0.05, 0.1) is 37.8 Å². The van der Waals surface area contributed by atoms with Gasteiger partial charge in [0.25, 0.3) is 0 Å². The van der Waals surface area contributed by atoms with Crippen LogP contribution in [0.2, 0.25) is 0 Å². The Kier molecular flexibility index (Phi) is 7.22. The molecular formula is C28H32N8O2. The van der Waals surface area contributed by atoms with Crippen molar-refractivity contribution in [3.63, 3.8) is 0 Å². The second kappa shape index (κ2) is 10.7. The standard InChI is InChI=1S/C28H32N8O2/c1-20-13-21(7-6-12-35-15-24(30-32-35)22-8-10-23(11-9-22)34(4)5)14-29-27(20)25-16-36(33-31-25)17-26-37-18-28(2,3)19-38-26/h8-11,13-16,26H,12,17-19H2,1-5H3. The van der Waals surface area contributed by atoms with Gasteiger partial charge in [0.1, 0.15) is 17.9 Å². The van der Waals surface area contributed by atoms with E-state index in [1.165, 1.54) is 0 Å². The molecule has 1 fully saturated rings. The van der Waals surface area contributed by atoms with Crippen LogP contribution in [0.4, 0.5) is 5.69 Å². The third-order valence-electron chi connectivity index (χ3n) is 6.21. The fourth-order valence-electron chi connectivity index (χ4n) is 4.05. The molecule has 4 heterocycles. The van der Waals surface area contributed by atoms with Gasteiger partial charge in [-0.1, -0.05) is 48.2 Å². The number of hydrogen-bond donors (Lipinski definition) is 0. The Bertz CT molecular complexity index is 1450. The van der Waals surface area contributed by atoms with Gasteiger partial charge in [-0.05, 0) is 30.7 Å². The summed E-state index contributed by atoms with van der Waals surface area (Å²) in [6.07, 6.45) is 5.19. The van der Waals surface area contributed by atoms with Crippen molar-refractivity contribution in [3.8, 4) is 34.5 Å². The number of benzene rings is 1. The fourth-order valence-corrected chi connectivity index (χ4v) is 4.05. The van der Waals surface area contributed by atoms with Crippen LogP contribution in [0.25, 0.3) is 22.6 Å². The van der Waals surface area contributed by atoms with Crippen LogP contribution in [0.1, 0.15) is 25.0 Å². The smallest absolute Gasteiger partial charge is 0.177 e. The Morgan fingerprint density at radius 3 is 2.39 bits per heavy atom. The summed E-state index contributed by atoms with van der Waals surface area (Å²) < 4.78 is 15.1. The largest absolute Gasteiger partial charge is 0.378 e. The van der Waals surface area contributed by atoms with E-state index in [1.807, 2.05) is 51.6 Å². The molecule has 38 heavy (non-hydrogen) atoms. The zero-order valence-corrected chi connectivity index (χ0v) is 22.4. The molecule has 0 N–H and O–H groups in total. The summed E-state index contributed by atoms with van der Waals surface area (Å²) in [5.41, 5.74) is 6.28. The van der Waals surface area contributed by atoms with Crippen LogP contribution >= 0.6 is 0 Å². The lowest BCUT2D eigenvalue weighted by molar-refractivity contribution is -0.227. The third kappa shape index (κ3) is 6.07. The molecule has 1 aliphatic heterocycles. The molecule has 4 aromatic rings. The first-order valence-electron chi connectivity index (χ1n) is 12.5. The fraction of sp³-hybridized carbons (Fsp3) is 0.393. The van der Waals surface area contributed by atoms with E-state index in [0.29, 0.717) is 32.0 Å². The number of pyridine rings is 1. The van der Waals surface area contributed by atoms with Gasteiger partial charge in [0, 0.05) is 42.5 Å². The molecule has 5 rings (SSSR count). The molecule has 10 heteroatoms. The Morgan fingerprint density at radius 1 is 1.00 bits per heavy atom. The van der Waals surface area contributed by atoms with Gasteiger partial charge in [-0.15, -0.1) is 10.2 Å². The SMILES string of the molecule is Cc1cc(C#CCn2cc(-c3ccc(N(C)C)cc3)nn2)cnc1-c1cn(CC2OCC(C)(C)CO2)nn1. The van der Waals surface area contributed by atoms with E-state index >= 15 is 0 Å². The highest BCUT2D eigenvalue weighted by atomic mass is 16.7. The number of nitrogens with zero attached hydrogens (tertiary/aromatic N) is 8. The van der Waals surface area contributed by atoms with Crippen molar-refractivity contribution < 1.29 is 9.47 Å². The van der Waals surface area contributed by atoms with E-state index in [-0.39, 0.29) is 11.7 Å². The van der Waals surface area contributed by atoms with E-state index in [2.05, 4.69) is 68.3 Å². The lowest BCUT2D eigenvalue weighted by Gasteiger charge is -2.34. The monoisotopic (exact) mass is 512 g/mol. The van der Waals surface area contributed by atoms with Crippen LogP contribution in [0, 0.1) is 24.2 Å². The quantitative estimate of drug-likeness (QED) is 0.363. The van der Waals surface area contributed by atoms with Crippen molar-refractivity contribution in [2.75, 3.05) is 32.2 Å². The highest BCUT2D eigenvalue weighted by Gasteiger charge is 2.28. The molecule has 0 unspecified atom stereocenters. The van der Waals surface area contributed by atoms with Crippen molar-refractivity contribution in [2.45, 2.75) is 40.2 Å². The summed E-state index contributed by atoms with van der Waals surface area (Å²) in [5, 5.41) is 17.0. The maximum Gasteiger partial charge on any atom is 0.177 e. The van der Waals surface area contributed by atoms with Gasteiger partial charge >= 0.3 is 0 Å². The second-order valence-electron chi connectivity index (χ2n) is 10.5. The summed E-state index contributed by atoms with van der Waals surface area (Å²) in [5.74, 6) is 6.32. The van der Waals surface area contributed by atoms with Crippen LogP contribution in [-0.4, -0.2) is 68.6 Å². The van der Waals surface area contributed by atoms with E-state index in [4.69, 9.17) is 9.47 Å². The molecule has 1 aromatic carbocycles. The maximum absolute atomic E-state index is 5.80. The number of aryl methyl sites for hydroxylation is 1. The first-order valence-corrected chi connectivity index (χ1v) is 12.5. The van der Waals surface area contributed by atoms with Crippen LogP contribution in [-0.2, 0) is 22.6 Å². The molecule has 0 spiro atoms. The topological polar surface area (TPSA) is 96.0 Å². The molecule has 3 aromatic heterocycles. The molecule has 0 saturated carbocycles. The highest BCUT2D eigenvalue weighted by Crippen LogP contribution is 2.24. The molecule has 196 valence electrons. The molecule has 0 amide bonds. The van der Waals surface area contributed by atoms with Crippen LogP contribution in [0.15, 0.2) is 48.9 Å². The number of hydrogen-bond acceptors (Lipinski definition) is 8. The number of ether oxygens (including phenoxy) is 2. The van der Waals surface area contributed by atoms with Crippen LogP contribution < -0.4 is 4.90 Å². The first kappa shape index (κ1) is 25.6. The van der Waals surface area contributed by atoms with E-state index in [1.54, 1.807) is 15.6 Å². The zero-order valence-electron chi connectivity index (χ0n) is 22.4. The third-order valence-corrected chi connectivity index (χ3v) is 6.21. The van der Waals surface area contributed by atoms with E-state index < -0.39 is 0 Å². The predicted molar refractivity (Wildman–Crippen MR) is 144 cm³/mol. The predicted octanol–water partition coefficient (Wildman–Crippen LogP) is 3.42. The number of aromatic nitrogens is 7. The molecule has 0 aliphatic carbocycles. The number of rotatable bonds is 6. The molecule has 0 atom stereocenters. The van der Waals surface area contributed by atoms with Crippen LogP contribution in [0.3, 0.4) is 0 Å². The average molecular weight is 513 g/mol. The summed E-state index contributed by atoms with van der Waals surface area (Å²) in [6, 6.07) is 10.2. The summed E-state index contributed by atoms with van der Waals surface area (Å²) in [7, 11) is 4.04. The average Bonchev–Trinajstić information content (AvgIpc) is 3.55. The van der Waals surface area contributed by atoms with Crippen molar-refractivity contribution in [1.82, 2.24) is 35.0 Å². The van der Waals surface area contributed by atoms with Gasteiger partial charge in [-0.2, -0.15) is 0 Å². The highest BCUT2D eigenvalue weighted by molar-refractivity contribution is 5.62. The van der Waals surface area contributed by atoms with E-state index in [9.17, 15) is 0 Å². The molecular weight excluding hydrogens is 480 g/mol. The van der Waals surface area contributed by atoms with Gasteiger partial charge < -0.3 is 14.4 Å². The summed E-state index contributed by atoms with van der Waals surface area (Å²) in [6.45, 7) is 8.47. The van der Waals surface area contributed by atoms with Gasteiger partial charge in [-0.25, -0.2) is 9.36 Å². The Labute approximate surface area is 222 Å². The van der Waals surface area contributed by atoms with Gasteiger partial charge in [0.15, 0.2) is 6.29 Å². The first-order chi connectivity index (χ1) is 18.3. The van der Waals surface area contributed by atoms with Gasteiger partial charge in [-0.3, -0.25) is 4.98 Å². The maximum atomic E-state index is 5.80. The molecule has 1 aliphatic rings. The molecule has 0 radical (unpaired) electrons. The Hall–Kier alpha value is -4.07. The number of anilines is 1. The molecule has 10 nitrogen and oxygen atoms in total. The van der Waals surface area contributed by atoms with Crippen LogP contribution in [0.5, 0.6) is 0 Å². The summed E-state index contributed by atoms with van der Waals surface area (Å²) in [4.78, 5) is 6.66. The lowest BCUT2D eigenvalue weighted by atomic mass is 9.96. The minimum Gasteiger partial charge on any atom is -0.378 e. The lowest BCUT2D eigenvalue weighted by Crippen LogP contribution is -2.39. The molecule has 0 bridgehead atoms. The van der Waals surface area contributed by atoms with Crippen molar-refractivity contribution in [2.24, 2.45) is 5.41 Å². The van der Waals surface area contributed by atoms with Gasteiger partial charge in [0.2, 0.25) is 0 Å². The van der Waals surface area contributed by atoms with E-state index in [0.717, 1.165) is 33.8 Å². The Balaban J connectivity index is 1.19. The minimum atomic E-state index is -0.325. The summed E-state index contributed by atoms with van der Waals surface area (Å²) >= 11 is 0. The van der Waals surface area contributed by atoms with Crippen molar-refractivity contribution >= 4 is 5.69 Å². The second-order valence-corrected chi connectivity index (χ2v) is 10.5. The minimum absolute atomic E-state index is 0.0344.